The number of hydrogen-bond acceptors (Lipinski definition) is 3. The fourth-order valence-electron chi connectivity index (χ4n) is 2.12. The summed E-state index contributed by atoms with van der Waals surface area (Å²) < 4.78 is 5.15. The van der Waals surface area contributed by atoms with Crippen molar-refractivity contribution in [3.63, 3.8) is 0 Å². The smallest absolute Gasteiger partial charge is 0.119 e. The molecule has 0 fully saturated rings. The van der Waals surface area contributed by atoms with Gasteiger partial charge in [0.25, 0.3) is 0 Å². The summed E-state index contributed by atoms with van der Waals surface area (Å²) in [6.07, 6.45) is 0. The standard InChI is InChI=1S/C17H21NO2/c1-13-4-6-14(7-5-13)17(2,12-19)18-15-8-10-16(20-3)11-9-15/h4-11,18-19H,12H2,1-3H3. The van der Waals surface area contributed by atoms with Crippen molar-refractivity contribution in [1.29, 1.82) is 0 Å². The molecule has 0 spiro atoms. The first kappa shape index (κ1) is 14.4. The van der Waals surface area contributed by atoms with Crippen LogP contribution in [-0.2, 0) is 5.54 Å². The number of aryl methyl sites for hydroxylation is 1. The van der Waals surface area contributed by atoms with Crippen molar-refractivity contribution in [2.24, 2.45) is 0 Å². The van der Waals surface area contributed by atoms with Gasteiger partial charge in [-0.2, -0.15) is 0 Å². The Labute approximate surface area is 120 Å². The van der Waals surface area contributed by atoms with E-state index in [0.29, 0.717) is 0 Å². The normalized spacial score (nSPS) is 13.6. The molecule has 0 aliphatic rings. The summed E-state index contributed by atoms with van der Waals surface area (Å²) in [4.78, 5) is 0. The number of benzene rings is 2. The number of anilines is 1. The fraction of sp³-hybridized carbons (Fsp3) is 0.294. The average molecular weight is 271 g/mol. The predicted molar refractivity (Wildman–Crippen MR) is 82.2 cm³/mol. The van der Waals surface area contributed by atoms with Crippen molar-refractivity contribution in [2.45, 2.75) is 19.4 Å². The third kappa shape index (κ3) is 3.11. The number of rotatable bonds is 5. The minimum absolute atomic E-state index is 0.0160. The Balaban J connectivity index is 2.23. The largest absolute Gasteiger partial charge is 0.497 e. The average Bonchev–Trinajstić information content (AvgIpc) is 2.48. The third-order valence-electron chi connectivity index (χ3n) is 3.52. The van der Waals surface area contributed by atoms with E-state index in [1.165, 1.54) is 5.56 Å². The van der Waals surface area contributed by atoms with E-state index >= 15 is 0 Å². The van der Waals surface area contributed by atoms with E-state index in [9.17, 15) is 5.11 Å². The van der Waals surface area contributed by atoms with Crippen molar-refractivity contribution in [3.05, 3.63) is 59.7 Å². The maximum Gasteiger partial charge on any atom is 0.119 e. The van der Waals surface area contributed by atoms with E-state index in [4.69, 9.17) is 4.74 Å². The Hall–Kier alpha value is -2.00. The lowest BCUT2D eigenvalue weighted by Gasteiger charge is -2.30. The Bertz CT molecular complexity index is 548. The van der Waals surface area contributed by atoms with E-state index < -0.39 is 5.54 Å². The molecule has 0 heterocycles. The summed E-state index contributed by atoms with van der Waals surface area (Å²) in [6, 6.07) is 15.9. The molecular formula is C17H21NO2. The van der Waals surface area contributed by atoms with Crippen molar-refractivity contribution in [2.75, 3.05) is 19.0 Å². The van der Waals surface area contributed by atoms with Crippen molar-refractivity contribution >= 4 is 5.69 Å². The Morgan fingerprint density at radius 1 is 1.05 bits per heavy atom. The zero-order valence-electron chi connectivity index (χ0n) is 12.2. The molecule has 0 aliphatic heterocycles. The molecule has 0 bridgehead atoms. The van der Waals surface area contributed by atoms with E-state index in [2.05, 4.69) is 24.4 Å². The van der Waals surface area contributed by atoms with E-state index in [1.54, 1.807) is 7.11 Å². The molecule has 0 radical (unpaired) electrons. The van der Waals surface area contributed by atoms with Crippen LogP contribution in [-0.4, -0.2) is 18.8 Å². The van der Waals surface area contributed by atoms with Gasteiger partial charge in [0.1, 0.15) is 5.75 Å². The molecule has 3 heteroatoms. The SMILES string of the molecule is COc1ccc(NC(C)(CO)c2ccc(C)cc2)cc1. The molecule has 106 valence electrons. The van der Waals surface area contributed by atoms with E-state index in [-0.39, 0.29) is 6.61 Å². The van der Waals surface area contributed by atoms with Crippen molar-refractivity contribution in [1.82, 2.24) is 0 Å². The molecule has 0 aromatic heterocycles. The van der Waals surface area contributed by atoms with Crippen LogP contribution in [0.5, 0.6) is 5.75 Å². The predicted octanol–water partition coefficient (Wildman–Crippen LogP) is 3.32. The van der Waals surface area contributed by atoms with Crippen molar-refractivity contribution < 1.29 is 9.84 Å². The van der Waals surface area contributed by atoms with Crippen LogP contribution in [0.3, 0.4) is 0 Å². The minimum Gasteiger partial charge on any atom is -0.497 e. The molecule has 0 aliphatic carbocycles. The van der Waals surface area contributed by atoms with Gasteiger partial charge in [0.2, 0.25) is 0 Å². The topological polar surface area (TPSA) is 41.5 Å². The zero-order valence-corrected chi connectivity index (χ0v) is 12.2. The summed E-state index contributed by atoms with van der Waals surface area (Å²) in [5.74, 6) is 0.816. The first-order chi connectivity index (χ1) is 9.57. The monoisotopic (exact) mass is 271 g/mol. The third-order valence-corrected chi connectivity index (χ3v) is 3.52. The highest BCUT2D eigenvalue weighted by Crippen LogP contribution is 2.27. The van der Waals surface area contributed by atoms with Gasteiger partial charge < -0.3 is 15.2 Å². The summed E-state index contributed by atoms with van der Waals surface area (Å²) >= 11 is 0. The number of aliphatic hydroxyl groups excluding tert-OH is 1. The van der Waals surface area contributed by atoms with E-state index in [0.717, 1.165) is 17.0 Å². The number of nitrogens with one attached hydrogen (secondary N) is 1. The van der Waals surface area contributed by atoms with Gasteiger partial charge >= 0.3 is 0 Å². The number of ether oxygens (including phenoxy) is 1. The number of aliphatic hydroxyl groups is 1. The van der Waals surface area contributed by atoms with Gasteiger partial charge in [0.15, 0.2) is 0 Å². The van der Waals surface area contributed by atoms with Gasteiger partial charge in [-0.15, -0.1) is 0 Å². The van der Waals surface area contributed by atoms with Gasteiger partial charge in [-0.3, -0.25) is 0 Å². The van der Waals surface area contributed by atoms with E-state index in [1.807, 2.05) is 43.3 Å². The van der Waals surface area contributed by atoms with Gasteiger partial charge in [0, 0.05) is 5.69 Å². The Morgan fingerprint density at radius 3 is 2.15 bits per heavy atom. The minimum atomic E-state index is -0.512. The van der Waals surface area contributed by atoms with Crippen LogP contribution in [0, 0.1) is 6.92 Å². The quantitative estimate of drug-likeness (QED) is 0.876. The second-order valence-electron chi connectivity index (χ2n) is 5.21. The number of hydrogen-bond donors (Lipinski definition) is 2. The summed E-state index contributed by atoms with van der Waals surface area (Å²) in [7, 11) is 1.65. The summed E-state index contributed by atoms with van der Waals surface area (Å²) in [5.41, 5.74) is 2.70. The maximum atomic E-state index is 9.78. The Kier molecular flexibility index (Phi) is 4.30. The fourth-order valence-corrected chi connectivity index (χ4v) is 2.12. The van der Waals surface area contributed by atoms with Crippen LogP contribution >= 0.6 is 0 Å². The highest BCUT2D eigenvalue weighted by atomic mass is 16.5. The Morgan fingerprint density at radius 2 is 1.65 bits per heavy atom. The van der Waals surface area contributed by atoms with Crippen molar-refractivity contribution in [3.8, 4) is 5.75 Å². The lowest BCUT2D eigenvalue weighted by molar-refractivity contribution is 0.224. The van der Waals surface area contributed by atoms with Gasteiger partial charge in [0.05, 0.1) is 19.3 Å². The van der Waals surface area contributed by atoms with Gasteiger partial charge in [-0.25, -0.2) is 0 Å². The lowest BCUT2D eigenvalue weighted by atomic mass is 9.92. The molecule has 1 atom stereocenters. The van der Waals surface area contributed by atoms with Crippen LogP contribution in [0.2, 0.25) is 0 Å². The van der Waals surface area contributed by atoms with Crippen LogP contribution in [0.4, 0.5) is 5.69 Å². The molecule has 2 aromatic carbocycles. The molecule has 2 aromatic rings. The molecule has 0 saturated heterocycles. The van der Waals surface area contributed by atoms with Gasteiger partial charge in [-0.05, 0) is 43.7 Å². The van der Waals surface area contributed by atoms with Crippen LogP contribution in [0.1, 0.15) is 18.1 Å². The van der Waals surface area contributed by atoms with Crippen LogP contribution in [0.25, 0.3) is 0 Å². The first-order valence-electron chi connectivity index (χ1n) is 6.67. The molecule has 0 amide bonds. The van der Waals surface area contributed by atoms with Gasteiger partial charge in [-0.1, -0.05) is 29.8 Å². The second-order valence-corrected chi connectivity index (χ2v) is 5.21. The van der Waals surface area contributed by atoms with Crippen LogP contribution in [0.15, 0.2) is 48.5 Å². The summed E-state index contributed by atoms with van der Waals surface area (Å²) in [5, 5.41) is 13.2. The highest BCUT2D eigenvalue weighted by molar-refractivity contribution is 5.50. The molecular weight excluding hydrogens is 250 g/mol. The molecule has 1 unspecified atom stereocenters. The zero-order chi connectivity index (χ0) is 14.6. The molecule has 2 N–H and O–H groups in total. The molecule has 20 heavy (non-hydrogen) atoms. The second kappa shape index (κ2) is 5.97. The molecule has 2 rings (SSSR count). The maximum absolute atomic E-state index is 9.78. The number of methoxy groups -OCH3 is 1. The highest BCUT2D eigenvalue weighted by Gasteiger charge is 2.25. The molecule has 0 saturated carbocycles. The molecule has 3 nitrogen and oxygen atoms in total. The summed E-state index contributed by atoms with van der Waals surface area (Å²) in [6.45, 7) is 4.06. The first-order valence-corrected chi connectivity index (χ1v) is 6.67. The lowest BCUT2D eigenvalue weighted by Crippen LogP contribution is -2.35. The van der Waals surface area contributed by atoms with Crippen LogP contribution < -0.4 is 10.1 Å².